The highest BCUT2D eigenvalue weighted by molar-refractivity contribution is 5.91. The summed E-state index contributed by atoms with van der Waals surface area (Å²) in [6.07, 6.45) is 3.16. The van der Waals surface area contributed by atoms with Crippen LogP contribution in [0, 0.1) is 0 Å². The highest BCUT2D eigenvalue weighted by Gasteiger charge is 2.00. The molecule has 1 aromatic carbocycles. The minimum absolute atomic E-state index is 0.222. The van der Waals surface area contributed by atoms with Crippen LogP contribution in [-0.2, 0) is 11.3 Å². The van der Waals surface area contributed by atoms with Crippen molar-refractivity contribution < 1.29 is 9.53 Å². The van der Waals surface area contributed by atoms with E-state index in [9.17, 15) is 4.79 Å². The lowest BCUT2D eigenvalue weighted by Gasteiger charge is -1.99. The maximum atomic E-state index is 11.5. The van der Waals surface area contributed by atoms with Gasteiger partial charge in [-0.15, -0.1) is 10.2 Å². The topological polar surface area (TPSA) is 92.8 Å². The standard InChI is InChI=1S/C12H13N5O2/c1-19-10-5-2-9(3-6-10)4-7-12(18)13-8-11-14-16-17-15-11/h2-7H,8H2,1H3,(H,13,18)(H,14,15,16,17). The van der Waals surface area contributed by atoms with Crippen molar-refractivity contribution in [1.29, 1.82) is 0 Å². The lowest BCUT2D eigenvalue weighted by atomic mass is 10.2. The number of aromatic amines is 1. The minimum atomic E-state index is -0.222. The van der Waals surface area contributed by atoms with E-state index in [1.54, 1.807) is 13.2 Å². The molecule has 2 rings (SSSR count). The molecule has 0 aliphatic heterocycles. The Bertz CT molecular complexity index is 548. The van der Waals surface area contributed by atoms with Crippen LogP contribution < -0.4 is 10.1 Å². The molecule has 0 atom stereocenters. The average Bonchev–Trinajstić information content (AvgIpc) is 2.96. The molecule has 0 fully saturated rings. The molecule has 0 aliphatic carbocycles. The molecule has 1 heterocycles. The number of aromatic nitrogens is 4. The molecule has 19 heavy (non-hydrogen) atoms. The molecule has 0 saturated heterocycles. The van der Waals surface area contributed by atoms with E-state index in [4.69, 9.17) is 4.74 Å². The van der Waals surface area contributed by atoms with Crippen molar-refractivity contribution in [2.45, 2.75) is 6.54 Å². The van der Waals surface area contributed by atoms with Crippen LogP contribution in [0.2, 0.25) is 0 Å². The Hall–Kier alpha value is -2.70. The fraction of sp³-hybridized carbons (Fsp3) is 0.167. The summed E-state index contributed by atoms with van der Waals surface area (Å²) in [5.74, 6) is 0.991. The Morgan fingerprint density at radius 3 is 2.84 bits per heavy atom. The van der Waals surface area contributed by atoms with Crippen LogP contribution in [0.15, 0.2) is 30.3 Å². The molecule has 2 N–H and O–H groups in total. The third kappa shape index (κ3) is 3.91. The molecule has 0 radical (unpaired) electrons. The summed E-state index contributed by atoms with van der Waals surface area (Å²) in [6, 6.07) is 7.39. The molecule has 1 aromatic heterocycles. The maximum Gasteiger partial charge on any atom is 0.244 e. The number of nitrogens with zero attached hydrogens (tertiary/aromatic N) is 3. The zero-order valence-electron chi connectivity index (χ0n) is 10.3. The first-order chi connectivity index (χ1) is 9.28. The van der Waals surface area contributed by atoms with Crippen LogP contribution >= 0.6 is 0 Å². The third-order valence-electron chi connectivity index (χ3n) is 2.35. The second kappa shape index (κ2) is 6.29. The summed E-state index contributed by atoms with van der Waals surface area (Å²) in [6.45, 7) is 0.238. The first kappa shape index (κ1) is 12.7. The smallest absolute Gasteiger partial charge is 0.244 e. The van der Waals surface area contributed by atoms with Gasteiger partial charge in [0.2, 0.25) is 5.91 Å². The number of tetrazole rings is 1. The van der Waals surface area contributed by atoms with Gasteiger partial charge in [0.25, 0.3) is 0 Å². The van der Waals surface area contributed by atoms with Crippen LogP contribution in [-0.4, -0.2) is 33.6 Å². The Kier molecular flexibility index (Phi) is 4.22. The number of carbonyl (C=O) groups is 1. The molecule has 0 saturated carbocycles. The minimum Gasteiger partial charge on any atom is -0.497 e. The molecule has 7 heteroatoms. The molecular weight excluding hydrogens is 246 g/mol. The van der Waals surface area contributed by atoms with Crippen molar-refractivity contribution >= 4 is 12.0 Å². The van der Waals surface area contributed by atoms with Gasteiger partial charge in [-0.25, -0.2) is 0 Å². The van der Waals surface area contributed by atoms with E-state index in [0.29, 0.717) is 5.82 Å². The van der Waals surface area contributed by atoms with Crippen LogP contribution in [0.1, 0.15) is 11.4 Å². The largest absolute Gasteiger partial charge is 0.497 e. The lowest BCUT2D eigenvalue weighted by molar-refractivity contribution is -0.116. The number of nitrogens with one attached hydrogen (secondary N) is 2. The summed E-state index contributed by atoms with van der Waals surface area (Å²) >= 11 is 0. The Balaban J connectivity index is 1.85. The van der Waals surface area contributed by atoms with E-state index in [1.165, 1.54) is 6.08 Å². The van der Waals surface area contributed by atoms with Crippen LogP contribution in [0.4, 0.5) is 0 Å². The number of ether oxygens (including phenoxy) is 1. The fourth-order valence-corrected chi connectivity index (χ4v) is 1.37. The summed E-state index contributed by atoms with van der Waals surface area (Å²) in [4.78, 5) is 11.5. The van der Waals surface area contributed by atoms with Gasteiger partial charge in [-0.2, -0.15) is 5.21 Å². The van der Waals surface area contributed by atoms with Gasteiger partial charge < -0.3 is 10.1 Å². The highest BCUT2D eigenvalue weighted by atomic mass is 16.5. The number of H-pyrrole nitrogens is 1. The number of hydrogen-bond acceptors (Lipinski definition) is 5. The predicted molar refractivity (Wildman–Crippen MR) is 68.1 cm³/mol. The van der Waals surface area contributed by atoms with E-state index >= 15 is 0 Å². The van der Waals surface area contributed by atoms with Gasteiger partial charge in [0.15, 0.2) is 5.82 Å². The zero-order valence-corrected chi connectivity index (χ0v) is 10.3. The second-order valence-corrected chi connectivity index (χ2v) is 3.65. The van der Waals surface area contributed by atoms with Crippen LogP contribution in [0.5, 0.6) is 5.75 Å². The number of amides is 1. The Labute approximate surface area is 109 Å². The molecular formula is C12H13N5O2. The summed E-state index contributed by atoms with van der Waals surface area (Å²) in [5, 5.41) is 15.8. The Morgan fingerprint density at radius 2 is 2.21 bits per heavy atom. The quantitative estimate of drug-likeness (QED) is 0.764. The molecule has 1 amide bonds. The van der Waals surface area contributed by atoms with E-state index < -0.39 is 0 Å². The number of methoxy groups -OCH3 is 1. The molecule has 98 valence electrons. The van der Waals surface area contributed by atoms with Gasteiger partial charge in [0.1, 0.15) is 5.75 Å². The molecule has 2 aromatic rings. The summed E-state index contributed by atoms with van der Waals surface area (Å²) in [7, 11) is 1.61. The summed E-state index contributed by atoms with van der Waals surface area (Å²) in [5.41, 5.74) is 0.913. The van der Waals surface area contributed by atoms with E-state index in [1.807, 2.05) is 24.3 Å². The van der Waals surface area contributed by atoms with Crippen molar-refractivity contribution in [3.63, 3.8) is 0 Å². The first-order valence-corrected chi connectivity index (χ1v) is 5.60. The molecule has 0 spiro atoms. The molecule has 7 nitrogen and oxygen atoms in total. The van der Waals surface area contributed by atoms with Crippen molar-refractivity contribution in [3.05, 3.63) is 41.7 Å². The van der Waals surface area contributed by atoms with Gasteiger partial charge in [-0.05, 0) is 23.8 Å². The molecule has 0 aliphatic rings. The molecule has 0 unspecified atom stereocenters. The van der Waals surface area contributed by atoms with Crippen molar-refractivity contribution in [2.24, 2.45) is 0 Å². The number of carbonyl (C=O) groups excluding carboxylic acids is 1. The van der Waals surface area contributed by atoms with Crippen molar-refractivity contribution in [3.8, 4) is 5.75 Å². The lowest BCUT2D eigenvalue weighted by Crippen LogP contribution is -2.20. The second-order valence-electron chi connectivity index (χ2n) is 3.65. The van der Waals surface area contributed by atoms with Gasteiger partial charge in [-0.1, -0.05) is 17.3 Å². The zero-order chi connectivity index (χ0) is 13.5. The first-order valence-electron chi connectivity index (χ1n) is 5.60. The van der Waals surface area contributed by atoms with Crippen LogP contribution in [0.25, 0.3) is 6.08 Å². The van der Waals surface area contributed by atoms with Gasteiger partial charge >= 0.3 is 0 Å². The van der Waals surface area contributed by atoms with Gasteiger partial charge in [0, 0.05) is 6.08 Å². The van der Waals surface area contributed by atoms with Gasteiger partial charge in [-0.3, -0.25) is 4.79 Å². The maximum absolute atomic E-state index is 11.5. The predicted octanol–water partition coefficient (Wildman–Crippen LogP) is 0.538. The number of hydrogen-bond donors (Lipinski definition) is 2. The van der Waals surface area contributed by atoms with Crippen LogP contribution in [0.3, 0.4) is 0 Å². The molecule has 0 bridgehead atoms. The van der Waals surface area contributed by atoms with E-state index in [-0.39, 0.29) is 12.5 Å². The summed E-state index contributed by atoms with van der Waals surface area (Å²) < 4.78 is 5.05. The number of benzene rings is 1. The number of rotatable bonds is 5. The normalized spacial score (nSPS) is 10.6. The average molecular weight is 259 g/mol. The van der Waals surface area contributed by atoms with Crippen molar-refractivity contribution in [2.75, 3.05) is 7.11 Å². The van der Waals surface area contributed by atoms with E-state index in [2.05, 4.69) is 25.9 Å². The van der Waals surface area contributed by atoms with Gasteiger partial charge in [0.05, 0.1) is 13.7 Å². The third-order valence-corrected chi connectivity index (χ3v) is 2.35. The monoisotopic (exact) mass is 259 g/mol. The van der Waals surface area contributed by atoms with E-state index in [0.717, 1.165) is 11.3 Å². The fourth-order valence-electron chi connectivity index (χ4n) is 1.37. The Morgan fingerprint density at radius 1 is 1.42 bits per heavy atom. The SMILES string of the molecule is COc1ccc(C=CC(=O)NCc2nn[nH]n2)cc1. The highest BCUT2D eigenvalue weighted by Crippen LogP contribution is 2.12. The van der Waals surface area contributed by atoms with Crippen molar-refractivity contribution in [1.82, 2.24) is 25.9 Å².